The molecule has 1 aliphatic carbocycles. The maximum absolute atomic E-state index is 6.57. The average Bonchev–Trinajstić information content (AvgIpc) is 3.57. The second-order valence-corrected chi connectivity index (χ2v) is 13.6. The fourth-order valence-corrected chi connectivity index (χ4v) is 7.81. The summed E-state index contributed by atoms with van der Waals surface area (Å²) in [5.74, 6) is 0.466. The van der Waals surface area contributed by atoms with Crippen LogP contribution in [0.1, 0.15) is 50.3 Å². The molecule has 2 heteroatoms. The van der Waals surface area contributed by atoms with E-state index in [9.17, 15) is 0 Å². The van der Waals surface area contributed by atoms with Gasteiger partial charge in [-0.15, -0.1) is 0 Å². The fourth-order valence-electron chi connectivity index (χ4n) is 7.81. The van der Waals surface area contributed by atoms with E-state index in [1.54, 1.807) is 0 Å². The molecule has 1 aromatic heterocycles. The summed E-state index contributed by atoms with van der Waals surface area (Å²) in [7, 11) is 0. The molecule has 7 aromatic carbocycles. The molecule has 222 valence electrons. The molecule has 1 heterocycles. The SMILES string of the molecule is CC(C)c1ccc(N(c2ccc3cc4c(cc3c2)C(C)(C)c2c-4ccc3ccccc23)c2cccc3c2oc2ccccc23)cc1. The lowest BCUT2D eigenvalue weighted by Gasteiger charge is -2.27. The highest BCUT2D eigenvalue weighted by atomic mass is 16.3. The van der Waals surface area contributed by atoms with Gasteiger partial charge in [0, 0.05) is 27.6 Å². The smallest absolute Gasteiger partial charge is 0.159 e. The van der Waals surface area contributed by atoms with Crippen molar-refractivity contribution in [2.45, 2.75) is 39.0 Å². The Morgan fingerprint density at radius 2 is 1.28 bits per heavy atom. The molecule has 46 heavy (non-hydrogen) atoms. The van der Waals surface area contributed by atoms with Crippen LogP contribution in [0.4, 0.5) is 17.1 Å². The minimum absolute atomic E-state index is 0.109. The summed E-state index contributed by atoms with van der Waals surface area (Å²) in [6.07, 6.45) is 0. The van der Waals surface area contributed by atoms with E-state index in [1.807, 2.05) is 6.07 Å². The van der Waals surface area contributed by atoms with Crippen LogP contribution in [0.25, 0.3) is 54.6 Å². The maximum atomic E-state index is 6.57. The summed E-state index contributed by atoms with van der Waals surface area (Å²) < 4.78 is 6.57. The molecule has 0 amide bonds. The maximum Gasteiger partial charge on any atom is 0.159 e. The van der Waals surface area contributed by atoms with Gasteiger partial charge in [-0.1, -0.05) is 113 Å². The minimum atomic E-state index is -0.109. The zero-order valence-electron chi connectivity index (χ0n) is 26.6. The predicted molar refractivity (Wildman–Crippen MR) is 195 cm³/mol. The van der Waals surface area contributed by atoms with E-state index < -0.39 is 0 Å². The fraction of sp³-hybridized carbons (Fsp3) is 0.136. The van der Waals surface area contributed by atoms with E-state index >= 15 is 0 Å². The highest BCUT2D eigenvalue weighted by Crippen LogP contribution is 2.53. The lowest BCUT2D eigenvalue weighted by molar-refractivity contribution is 0.667. The van der Waals surface area contributed by atoms with Gasteiger partial charge in [-0.3, -0.25) is 0 Å². The number of rotatable bonds is 4. The lowest BCUT2D eigenvalue weighted by atomic mass is 9.80. The summed E-state index contributed by atoms with van der Waals surface area (Å²) in [6, 6.07) is 48.9. The van der Waals surface area contributed by atoms with Crippen molar-refractivity contribution in [1.82, 2.24) is 0 Å². The van der Waals surface area contributed by atoms with Gasteiger partial charge in [-0.05, 0) is 104 Å². The molecule has 0 saturated carbocycles. The topological polar surface area (TPSA) is 16.4 Å². The second-order valence-electron chi connectivity index (χ2n) is 13.6. The molecule has 0 spiro atoms. The van der Waals surface area contributed by atoms with Crippen LogP contribution in [0.3, 0.4) is 0 Å². The van der Waals surface area contributed by atoms with Crippen molar-refractivity contribution in [1.29, 1.82) is 0 Å². The first-order valence-electron chi connectivity index (χ1n) is 16.3. The van der Waals surface area contributed by atoms with Gasteiger partial charge in [-0.25, -0.2) is 0 Å². The highest BCUT2D eigenvalue weighted by Gasteiger charge is 2.37. The highest BCUT2D eigenvalue weighted by molar-refractivity contribution is 6.10. The molecule has 0 bridgehead atoms. The number of furan rings is 1. The first-order chi connectivity index (χ1) is 22.4. The third-order valence-electron chi connectivity index (χ3n) is 10.2. The van der Waals surface area contributed by atoms with Gasteiger partial charge in [0.05, 0.1) is 5.69 Å². The molecule has 8 aromatic rings. The van der Waals surface area contributed by atoms with E-state index in [0.717, 1.165) is 39.0 Å². The second kappa shape index (κ2) is 9.83. The Morgan fingerprint density at radius 3 is 2.11 bits per heavy atom. The van der Waals surface area contributed by atoms with Crippen molar-refractivity contribution in [2.75, 3.05) is 4.90 Å². The van der Waals surface area contributed by atoms with Gasteiger partial charge < -0.3 is 9.32 Å². The molecule has 0 unspecified atom stereocenters. The standard InChI is InChI=1S/C44H35NO/c1-27(2)28-16-20-32(21-17-28)45(40-14-9-13-37-35-12-7-8-15-41(35)46-43(37)40)33-22-18-30-25-38-36-23-19-29-10-5-6-11-34(29)42(36)44(3,4)39(38)26-31(30)24-33/h5-27H,1-4H3. The number of hydrogen-bond acceptors (Lipinski definition) is 2. The Bertz CT molecular complexity index is 2480. The van der Waals surface area contributed by atoms with Gasteiger partial charge in [0.1, 0.15) is 5.58 Å². The van der Waals surface area contributed by atoms with Gasteiger partial charge in [0.2, 0.25) is 0 Å². The van der Waals surface area contributed by atoms with Gasteiger partial charge in [0.15, 0.2) is 5.58 Å². The molecule has 2 nitrogen and oxygen atoms in total. The average molecular weight is 594 g/mol. The van der Waals surface area contributed by atoms with Gasteiger partial charge >= 0.3 is 0 Å². The van der Waals surface area contributed by atoms with Crippen LogP contribution in [-0.4, -0.2) is 0 Å². The summed E-state index contributed by atoms with van der Waals surface area (Å²) in [4.78, 5) is 2.36. The molecule has 0 aliphatic heterocycles. The third-order valence-corrected chi connectivity index (χ3v) is 10.2. The van der Waals surface area contributed by atoms with Crippen LogP contribution in [-0.2, 0) is 5.41 Å². The molecule has 9 rings (SSSR count). The molecule has 0 radical (unpaired) electrons. The van der Waals surface area contributed by atoms with Crippen molar-refractivity contribution >= 4 is 60.5 Å². The molecule has 0 saturated heterocycles. The number of para-hydroxylation sites is 2. The normalized spacial score (nSPS) is 13.6. The van der Waals surface area contributed by atoms with E-state index in [2.05, 4.69) is 160 Å². The van der Waals surface area contributed by atoms with Crippen molar-refractivity contribution in [2.24, 2.45) is 0 Å². The van der Waals surface area contributed by atoms with Crippen LogP contribution >= 0.6 is 0 Å². The van der Waals surface area contributed by atoms with Crippen molar-refractivity contribution < 1.29 is 4.42 Å². The van der Waals surface area contributed by atoms with Crippen molar-refractivity contribution in [3.63, 3.8) is 0 Å². The van der Waals surface area contributed by atoms with E-state index in [4.69, 9.17) is 4.42 Å². The quantitative estimate of drug-likeness (QED) is 0.202. The number of hydrogen-bond donors (Lipinski definition) is 0. The molecular formula is C44H35NO. The zero-order chi connectivity index (χ0) is 31.2. The van der Waals surface area contributed by atoms with Gasteiger partial charge in [0.25, 0.3) is 0 Å². The number of fused-ring (bicyclic) bond motifs is 9. The van der Waals surface area contributed by atoms with Crippen molar-refractivity contribution in [3.8, 4) is 11.1 Å². The van der Waals surface area contributed by atoms with Crippen LogP contribution in [0.2, 0.25) is 0 Å². The predicted octanol–water partition coefficient (Wildman–Crippen LogP) is 12.8. The largest absolute Gasteiger partial charge is 0.454 e. The Hall–Kier alpha value is -5.34. The zero-order valence-corrected chi connectivity index (χ0v) is 26.6. The minimum Gasteiger partial charge on any atom is -0.454 e. The first-order valence-corrected chi connectivity index (χ1v) is 16.3. The van der Waals surface area contributed by atoms with Crippen LogP contribution in [0.15, 0.2) is 138 Å². The molecule has 1 aliphatic rings. The van der Waals surface area contributed by atoms with Crippen LogP contribution in [0.5, 0.6) is 0 Å². The van der Waals surface area contributed by atoms with E-state index in [1.165, 1.54) is 49.4 Å². The molecular weight excluding hydrogens is 558 g/mol. The van der Waals surface area contributed by atoms with Crippen molar-refractivity contribution in [3.05, 3.63) is 150 Å². The summed E-state index contributed by atoms with van der Waals surface area (Å²) >= 11 is 0. The summed E-state index contributed by atoms with van der Waals surface area (Å²) in [5, 5.41) is 7.40. The summed E-state index contributed by atoms with van der Waals surface area (Å²) in [5.41, 5.74) is 11.8. The van der Waals surface area contributed by atoms with Gasteiger partial charge in [-0.2, -0.15) is 0 Å². The summed E-state index contributed by atoms with van der Waals surface area (Å²) in [6.45, 7) is 9.24. The molecule has 0 fully saturated rings. The number of nitrogens with zero attached hydrogens (tertiary/aromatic N) is 1. The first kappa shape index (κ1) is 27.0. The number of anilines is 3. The Kier molecular flexibility index (Phi) is 5.77. The van der Waals surface area contributed by atoms with Crippen LogP contribution < -0.4 is 4.90 Å². The lowest BCUT2D eigenvalue weighted by Crippen LogP contribution is -2.15. The molecule has 0 atom stereocenters. The van der Waals surface area contributed by atoms with E-state index in [0.29, 0.717) is 5.92 Å². The monoisotopic (exact) mass is 593 g/mol. The Labute approximate surface area is 269 Å². The third kappa shape index (κ3) is 3.89. The Morgan fingerprint density at radius 1 is 0.565 bits per heavy atom. The van der Waals surface area contributed by atoms with E-state index in [-0.39, 0.29) is 5.41 Å². The van der Waals surface area contributed by atoms with Crippen LogP contribution in [0, 0.1) is 0 Å². The molecule has 0 N–H and O–H groups in total. The Balaban J connectivity index is 1.25. The number of benzene rings is 7.